The van der Waals surface area contributed by atoms with Crippen LogP contribution in [0.3, 0.4) is 0 Å². The average Bonchev–Trinajstić information content (AvgIpc) is 3.38. The lowest BCUT2D eigenvalue weighted by Crippen LogP contribution is -2.49. The predicted octanol–water partition coefficient (Wildman–Crippen LogP) is 5.14. The molecule has 4 aromatic rings. The van der Waals surface area contributed by atoms with Gasteiger partial charge in [-0.25, -0.2) is 4.68 Å². The number of rotatable bonds is 6. The largest absolute Gasteiger partial charge is 0.497 e. The van der Waals surface area contributed by atoms with Gasteiger partial charge in [-0.05, 0) is 80.1 Å². The zero-order valence-corrected chi connectivity index (χ0v) is 21.8. The number of hydrogen-bond donors (Lipinski definition) is 0. The maximum Gasteiger partial charge on any atom is 0.272 e. The molecule has 7 heteroatoms. The Morgan fingerprint density at radius 2 is 1.41 bits per heavy atom. The molecule has 0 aliphatic carbocycles. The zero-order valence-electron chi connectivity index (χ0n) is 21.8. The summed E-state index contributed by atoms with van der Waals surface area (Å²) >= 11 is 0. The number of aromatic nitrogens is 2. The third-order valence-corrected chi connectivity index (χ3v) is 6.90. The van der Waals surface area contributed by atoms with E-state index in [-0.39, 0.29) is 5.91 Å². The second kappa shape index (κ2) is 10.4. The Kier molecular flexibility index (Phi) is 6.86. The van der Waals surface area contributed by atoms with Crippen molar-refractivity contribution in [3.05, 3.63) is 89.6 Å². The lowest BCUT2D eigenvalue weighted by Gasteiger charge is -2.36. The molecule has 0 bridgehead atoms. The number of methoxy groups -OCH3 is 2. The van der Waals surface area contributed by atoms with Crippen molar-refractivity contribution in [1.82, 2.24) is 14.7 Å². The van der Waals surface area contributed by atoms with Crippen LogP contribution in [-0.4, -0.2) is 61.0 Å². The van der Waals surface area contributed by atoms with Gasteiger partial charge in [0, 0.05) is 37.4 Å². The molecule has 1 aliphatic rings. The molecule has 190 valence electrons. The first-order valence-corrected chi connectivity index (χ1v) is 12.5. The minimum absolute atomic E-state index is 0.0124. The monoisotopic (exact) mass is 496 g/mol. The Morgan fingerprint density at radius 3 is 2.00 bits per heavy atom. The van der Waals surface area contributed by atoms with Gasteiger partial charge in [0.15, 0.2) is 0 Å². The van der Waals surface area contributed by atoms with E-state index in [1.807, 2.05) is 53.4 Å². The molecule has 1 aliphatic heterocycles. The van der Waals surface area contributed by atoms with E-state index in [0.717, 1.165) is 52.8 Å². The summed E-state index contributed by atoms with van der Waals surface area (Å²) < 4.78 is 12.4. The third kappa shape index (κ3) is 5.03. The molecule has 0 atom stereocenters. The van der Waals surface area contributed by atoms with Gasteiger partial charge >= 0.3 is 0 Å². The Balaban J connectivity index is 1.43. The molecule has 7 nitrogen and oxygen atoms in total. The van der Waals surface area contributed by atoms with E-state index < -0.39 is 0 Å². The molecule has 37 heavy (non-hydrogen) atoms. The van der Waals surface area contributed by atoms with E-state index in [2.05, 4.69) is 43.0 Å². The molecule has 0 N–H and O–H groups in total. The van der Waals surface area contributed by atoms with Crippen LogP contribution in [0.1, 0.15) is 21.6 Å². The van der Waals surface area contributed by atoms with Gasteiger partial charge in [-0.15, -0.1) is 0 Å². The maximum absolute atomic E-state index is 13.9. The fraction of sp³-hybridized carbons (Fsp3) is 0.267. The highest BCUT2D eigenvalue weighted by Gasteiger charge is 2.27. The highest BCUT2D eigenvalue weighted by Crippen LogP contribution is 2.27. The number of ether oxygens (including phenoxy) is 2. The van der Waals surface area contributed by atoms with E-state index in [1.54, 1.807) is 18.9 Å². The normalized spacial score (nSPS) is 13.5. The number of piperazine rings is 1. The van der Waals surface area contributed by atoms with E-state index in [1.165, 1.54) is 5.56 Å². The third-order valence-electron chi connectivity index (χ3n) is 6.90. The molecule has 1 aromatic heterocycles. The van der Waals surface area contributed by atoms with Crippen molar-refractivity contribution in [1.29, 1.82) is 0 Å². The molecular weight excluding hydrogens is 464 g/mol. The minimum Gasteiger partial charge on any atom is -0.497 e. The molecule has 5 rings (SSSR count). The summed E-state index contributed by atoms with van der Waals surface area (Å²) in [4.78, 5) is 18.1. The van der Waals surface area contributed by atoms with Crippen LogP contribution in [0.4, 0.5) is 5.69 Å². The highest BCUT2D eigenvalue weighted by atomic mass is 16.5. The van der Waals surface area contributed by atoms with Crippen LogP contribution in [0.5, 0.6) is 11.5 Å². The number of anilines is 1. The van der Waals surface area contributed by atoms with E-state index >= 15 is 0 Å². The van der Waals surface area contributed by atoms with Gasteiger partial charge in [0.1, 0.15) is 17.2 Å². The second-order valence-electron chi connectivity index (χ2n) is 9.32. The van der Waals surface area contributed by atoms with Crippen LogP contribution in [-0.2, 0) is 0 Å². The van der Waals surface area contributed by atoms with E-state index in [4.69, 9.17) is 14.6 Å². The molecule has 3 aromatic carbocycles. The molecule has 1 saturated heterocycles. The van der Waals surface area contributed by atoms with Crippen LogP contribution < -0.4 is 14.4 Å². The average molecular weight is 497 g/mol. The summed E-state index contributed by atoms with van der Waals surface area (Å²) in [5.41, 5.74) is 6.54. The number of carbonyl (C=O) groups excluding carboxylic acids is 1. The Hall–Kier alpha value is -4.26. The topological polar surface area (TPSA) is 59.8 Å². The lowest BCUT2D eigenvalue weighted by atomic mass is 10.1. The van der Waals surface area contributed by atoms with Crippen LogP contribution >= 0.6 is 0 Å². The van der Waals surface area contributed by atoms with Gasteiger partial charge in [0.25, 0.3) is 5.91 Å². The van der Waals surface area contributed by atoms with Crippen LogP contribution in [0, 0.1) is 13.8 Å². The van der Waals surface area contributed by atoms with Gasteiger partial charge in [-0.2, -0.15) is 5.10 Å². The number of amides is 1. The van der Waals surface area contributed by atoms with Crippen molar-refractivity contribution in [2.24, 2.45) is 0 Å². The Bertz CT molecular complexity index is 1390. The van der Waals surface area contributed by atoms with Crippen molar-refractivity contribution < 1.29 is 14.3 Å². The van der Waals surface area contributed by atoms with Gasteiger partial charge in [-0.1, -0.05) is 17.7 Å². The molecule has 1 amide bonds. The van der Waals surface area contributed by atoms with E-state index in [9.17, 15) is 4.79 Å². The highest BCUT2D eigenvalue weighted by molar-refractivity contribution is 5.94. The van der Waals surface area contributed by atoms with Crippen LogP contribution in [0.15, 0.2) is 72.8 Å². The Labute approximate surface area is 217 Å². The first-order valence-electron chi connectivity index (χ1n) is 12.5. The summed E-state index contributed by atoms with van der Waals surface area (Å²) in [6.45, 7) is 6.93. The van der Waals surface area contributed by atoms with Crippen LogP contribution in [0.25, 0.3) is 16.9 Å². The van der Waals surface area contributed by atoms with Crippen molar-refractivity contribution in [2.75, 3.05) is 45.3 Å². The number of carbonyl (C=O) groups is 1. The summed E-state index contributed by atoms with van der Waals surface area (Å²) in [6.07, 6.45) is 0. The fourth-order valence-corrected chi connectivity index (χ4v) is 4.79. The summed E-state index contributed by atoms with van der Waals surface area (Å²) in [5.74, 6) is 1.61. The van der Waals surface area contributed by atoms with Gasteiger partial charge < -0.3 is 19.3 Å². The Morgan fingerprint density at radius 1 is 0.784 bits per heavy atom. The lowest BCUT2D eigenvalue weighted by molar-refractivity contribution is 0.0737. The molecule has 0 saturated carbocycles. The molecule has 0 unspecified atom stereocenters. The smallest absolute Gasteiger partial charge is 0.272 e. The number of hydrogen-bond acceptors (Lipinski definition) is 5. The van der Waals surface area contributed by atoms with E-state index in [0.29, 0.717) is 18.8 Å². The van der Waals surface area contributed by atoms with Crippen molar-refractivity contribution in [3.8, 4) is 28.4 Å². The molecule has 0 spiro atoms. The standard InChI is InChI=1S/C30H32N4O3/c1-21-5-14-28(22(2)19-21)34-29(20-27(31-34)23-6-10-25(36-3)11-7-23)30(35)33-17-15-32(16-18-33)24-8-12-26(37-4)13-9-24/h5-14,19-20H,15-18H2,1-4H3. The fourth-order valence-electron chi connectivity index (χ4n) is 4.79. The SMILES string of the molecule is COc1ccc(-c2cc(C(=O)N3CCN(c4ccc(OC)cc4)CC3)n(-c3ccc(C)cc3C)n2)cc1. The first-order chi connectivity index (χ1) is 18.0. The zero-order chi connectivity index (χ0) is 25.9. The summed E-state index contributed by atoms with van der Waals surface area (Å²) in [6, 6.07) is 23.9. The van der Waals surface area contributed by atoms with Gasteiger partial charge in [-0.3, -0.25) is 4.79 Å². The van der Waals surface area contributed by atoms with Gasteiger partial charge in [0.2, 0.25) is 0 Å². The molecule has 1 fully saturated rings. The number of aryl methyl sites for hydroxylation is 2. The maximum atomic E-state index is 13.9. The molecule has 2 heterocycles. The summed E-state index contributed by atoms with van der Waals surface area (Å²) in [7, 11) is 3.32. The minimum atomic E-state index is -0.0124. The van der Waals surface area contributed by atoms with Crippen LogP contribution in [0.2, 0.25) is 0 Å². The molecule has 0 radical (unpaired) electrons. The van der Waals surface area contributed by atoms with Gasteiger partial charge in [0.05, 0.1) is 25.6 Å². The number of benzene rings is 3. The first kappa shape index (κ1) is 24.4. The van der Waals surface area contributed by atoms with Crippen molar-refractivity contribution in [2.45, 2.75) is 13.8 Å². The van der Waals surface area contributed by atoms with Crippen molar-refractivity contribution in [3.63, 3.8) is 0 Å². The second-order valence-corrected chi connectivity index (χ2v) is 9.32. The predicted molar refractivity (Wildman–Crippen MR) is 146 cm³/mol. The number of nitrogens with zero attached hydrogens (tertiary/aromatic N) is 4. The van der Waals surface area contributed by atoms with Crippen molar-refractivity contribution >= 4 is 11.6 Å². The molecular formula is C30H32N4O3. The quantitative estimate of drug-likeness (QED) is 0.370. The summed E-state index contributed by atoms with van der Waals surface area (Å²) in [5, 5.41) is 4.90.